The van der Waals surface area contributed by atoms with E-state index in [1.807, 2.05) is 62.7 Å². The van der Waals surface area contributed by atoms with Crippen LogP contribution < -0.4 is 10.2 Å². The Hall–Kier alpha value is -2.63. The highest BCUT2D eigenvalue weighted by atomic mass is 15.2. The molecule has 1 N–H and O–H groups in total. The number of hydrogen-bond acceptors (Lipinski definition) is 5. The van der Waals surface area contributed by atoms with Gasteiger partial charge >= 0.3 is 0 Å². The second-order valence-electron chi connectivity index (χ2n) is 5.20. The summed E-state index contributed by atoms with van der Waals surface area (Å²) in [6.45, 7) is 2.65. The molecule has 0 aliphatic rings. The molecule has 6 nitrogen and oxygen atoms in total. The van der Waals surface area contributed by atoms with Gasteiger partial charge in [0.05, 0.1) is 17.6 Å². The van der Waals surface area contributed by atoms with E-state index in [0.717, 1.165) is 28.4 Å². The predicted molar refractivity (Wildman–Crippen MR) is 83.6 cm³/mol. The van der Waals surface area contributed by atoms with Crippen molar-refractivity contribution in [2.45, 2.75) is 13.5 Å². The molecule has 21 heavy (non-hydrogen) atoms. The largest absolute Gasteiger partial charge is 0.380 e. The Labute approximate surface area is 123 Å². The first-order chi connectivity index (χ1) is 10.1. The average molecular weight is 282 g/mol. The summed E-state index contributed by atoms with van der Waals surface area (Å²) in [5.74, 6) is 0.940. The van der Waals surface area contributed by atoms with Gasteiger partial charge in [-0.15, -0.1) is 0 Å². The van der Waals surface area contributed by atoms with Crippen molar-refractivity contribution in [3.63, 3.8) is 0 Å². The van der Waals surface area contributed by atoms with E-state index in [-0.39, 0.29) is 0 Å². The first-order valence-corrected chi connectivity index (χ1v) is 6.80. The number of nitrogens with one attached hydrogen (secondary N) is 1. The Morgan fingerprint density at radius 1 is 1.19 bits per heavy atom. The monoisotopic (exact) mass is 282 g/mol. The van der Waals surface area contributed by atoms with Gasteiger partial charge in [0.25, 0.3) is 0 Å². The number of hydrogen-bond donors (Lipinski definition) is 1. The van der Waals surface area contributed by atoms with Gasteiger partial charge in [-0.2, -0.15) is 5.10 Å². The molecule has 0 spiro atoms. The Kier molecular flexibility index (Phi) is 3.43. The lowest BCUT2D eigenvalue weighted by Gasteiger charge is -2.12. The highest BCUT2D eigenvalue weighted by Gasteiger charge is 2.02. The third kappa shape index (κ3) is 2.94. The van der Waals surface area contributed by atoms with Gasteiger partial charge in [-0.1, -0.05) is 0 Å². The van der Waals surface area contributed by atoms with Gasteiger partial charge in [-0.3, -0.25) is 0 Å². The number of nitrogens with zero attached hydrogens (tertiary/aromatic N) is 5. The van der Waals surface area contributed by atoms with Crippen molar-refractivity contribution in [2.75, 3.05) is 24.3 Å². The van der Waals surface area contributed by atoms with Gasteiger partial charge in [0.1, 0.15) is 5.82 Å². The molecule has 0 unspecified atom stereocenters. The molecule has 0 saturated heterocycles. The third-order valence-electron chi connectivity index (χ3n) is 3.19. The summed E-state index contributed by atoms with van der Waals surface area (Å²) in [5.41, 5.74) is 3.89. The normalized spacial score (nSPS) is 10.8. The predicted octanol–water partition coefficient (Wildman–Crippen LogP) is 2.11. The molecule has 0 aliphatic heterocycles. The molecule has 0 aliphatic carbocycles. The number of pyridine rings is 1. The minimum Gasteiger partial charge on any atom is -0.380 e. The van der Waals surface area contributed by atoms with Gasteiger partial charge in [-0.05, 0) is 19.1 Å². The standard InChI is InChI=1S/C15H18N6/c1-11-6-15-17-8-12(10-21(15)19-11)7-16-13-4-5-14(18-9-13)20(2)3/h4-6,8-10,16H,7H2,1-3H3. The van der Waals surface area contributed by atoms with Crippen molar-refractivity contribution in [1.82, 2.24) is 19.6 Å². The average Bonchev–Trinajstić information content (AvgIpc) is 2.84. The van der Waals surface area contributed by atoms with E-state index < -0.39 is 0 Å². The van der Waals surface area contributed by atoms with Crippen molar-refractivity contribution in [3.05, 3.63) is 48.0 Å². The van der Waals surface area contributed by atoms with E-state index in [1.165, 1.54) is 0 Å². The van der Waals surface area contributed by atoms with Gasteiger partial charge in [0, 0.05) is 44.7 Å². The molecule has 0 fully saturated rings. The first-order valence-electron chi connectivity index (χ1n) is 6.80. The number of fused-ring (bicyclic) bond motifs is 1. The van der Waals surface area contributed by atoms with Crippen LogP contribution in [0.1, 0.15) is 11.3 Å². The molecule has 0 radical (unpaired) electrons. The molecule has 6 heteroatoms. The zero-order valence-corrected chi connectivity index (χ0v) is 12.4. The van der Waals surface area contributed by atoms with Gasteiger partial charge in [-0.25, -0.2) is 14.5 Å². The summed E-state index contributed by atoms with van der Waals surface area (Å²) in [5, 5.41) is 7.70. The van der Waals surface area contributed by atoms with Gasteiger partial charge in [0.2, 0.25) is 0 Å². The van der Waals surface area contributed by atoms with Gasteiger partial charge in [0.15, 0.2) is 5.65 Å². The van der Waals surface area contributed by atoms with Crippen molar-refractivity contribution < 1.29 is 0 Å². The summed E-state index contributed by atoms with van der Waals surface area (Å²) in [6.07, 6.45) is 5.69. The zero-order chi connectivity index (χ0) is 14.8. The molecule has 3 heterocycles. The molecule has 108 valence electrons. The summed E-state index contributed by atoms with van der Waals surface area (Å²) in [4.78, 5) is 10.7. The minimum absolute atomic E-state index is 0.685. The van der Waals surface area contributed by atoms with E-state index in [2.05, 4.69) is 20.4 Å². The van der Waals surface area contributed by atoms with Crippen molar-refractivity contribution in [1.29, 1.82) is 0 Å². The van der Waals surface area contributed by atoms with Crippen LogP contribution in [0.15, 0.2) is 36.8 Å². The lowest BCUT2D eigenvalue weighted by atomic mass is 10.3. The number of aryl methyl sites for hydroxylation is 1. The van der Waals surface area contributed by atoms with Crippen LogP contribution in [0, 0.1) is 6.92 Å². The zero-order valence-electron chi connectivity index (χ0n) is 12.4. The third-order valence-corrected chi connectivity index (χ3v) is 3.19. The SMILES string of the molecule is Cc1cc2ncc(CNc3ccc(N(C)C)nc3)cn2n1. The van der Waals surface area contributed by atoms with E-state index in [4.69, 9.17) is 0 Å². The smallest absolute Gasteiger partial charge is 0.155 e. The molecule has 3 aromatic heterocycles. The molecular weight excluding hydrogens is 264 g/mol. The maximum absolute atomic E-state index is 4.39. The van der Waals surface area contributed by atoms with Crippen LogP contribution in [-0.2, 0) is 6.54 Å². The number of aromatic nitrogens is 4. The fourth-order valence-corrected chi connectivity index (χ4v) is 2.08. The van der Waals surface area contributed by atoms with Crippen LogP contribution in [0.25, 0.3) is 5.65 Å². The van der Waals surface area contributed by atoms with Crippen LogP contribution in [0.3, 0.4) is 0 Å². The Bertz CT molecular complexity index is 744. The highest BCUT2D eigenvalue weighted by Crippen LogP contribution is 2.13. The Morgan fingerprint density at radius 3 is 2.76 bits per heavy atom. The van der Waals surface area contributed by atoms with E-state index >= 15 is 0 Å². The van der Waals surface area contributed by atoms with E-state index in [0.29, 0.717) is 6.54 Å². The Balaban J connectivity index is 1.70. The molecule has 0 bridgehead atoms. The summed E-state index contributed by atoms with van der Waals surface area (Å²) < 4.78 is 1.81. The topological polar surface area (TPSA) is 58.4 Å². The molecule has 0 atom stereocenters. The Morgan fingerprint density at radius 2 is 2.05 bits per heavy atom. The maximum Gasteiger partial charge on any atom is 0.155 e. The minimum atomic E-state index is 0.685. The molecule has 0 aromatic carbocycles. The van der Waals surface area contributed by atoms with Gasteiger partial charge < -0.3 is 10.2 Å². The second kappa shape index (κ2) is 5.40. The van der Waals surface area contributed by atoms with E-state index in [1.54, 1.807) is 4.52 Å². The van der Waals surface area contributed by atoms with Crippen LogP contribution in [-0.4, -0.2) is 33.7 Å². The van der Waals surface area contributed by atoms with Crippen molar-refractivity contribution in [3.8, 4) is 0 Å². The summed E-state index contributed by atoms with van der Waals surface area (Å²) in [6, 6.07) is 5.97. The number of anilines is 2. The molecule has 0 amide bonds. The van der Waals surface area contributed by atoms with Crippen molar-refractivity contribution >= 4 is 17.2 Å². The van der Waals surface area contributed by atoms with Crippen LogP contribution >= 0.6 is 0 Å². The lowest BCUT2D eigenvalue weighted by Crippen LogP contribution is -2.10. The summed E-state index contributed by atoms with van der Waals surface area (Å²) >= 11 is 0. The molecule has 0 saturated carbocycles. The fourth-order valence-electron chi connectivity index (χ4n) is 2.08. The maximum atomic E-state index is 4.39. The quantitative estimate of drug-likeness (QED) is 0.794. The van der Waals surface area contributed by atoms with Crippen LogP contribution in [0.2, 0.25) is 0 Å². The van der Waals surface area contributed by atoms with Crippen molar-refractivity contribution in [2.24, 2.45) is 0 Å². The fraction of sp³-hybridized carbons (Fsp3) is 0.267. The second-order valence-corrected chi connectivity index (χ2v) is 5.20. The van der Waals surface area contributed by atoms with Crippen LogP contribution in [0.4, 0.5) is 11.5 Å². The molecule has 3 aromatic rings. The molecular formula is C15H18N6. The van der Waals surface area contributed by atoms with Crippen LogP contribution in [0.5, 0.6) is 0 Å². The highest BCUT2D eigenvalue weighted by molar-refractivity contribution is 5.48. The lowest BCUT2D eigenvalue weighted by molar-refractivity contribution is 0.895. The first kappa shape index (κ1) is 13.4. The van der Waals surface area contributed by atoms with E-state index in [9.17, 15) is 0 Å². The molecule has 3 rings (SSSR count). The number of rotatable bonds is 4. The summed E-state index contributed by atoms with van der Waals surface area (Å²) in [7, 11) is 3.95.